The Bertz CT molecular complexity index is 749. The molecule has 1 amide bonds. The highest BCUT2D eigenvalue weighted by molar-refractivity contribution is 6.05. The van der Waals surface area contributed by atoms with E-state index in [4.69, 9.17) is 4.74 Å². The van der Waals surface area contributed by atoms with Crippen LogP contribution in [0.1, 0.15) is 40.4 Å². The van der Waals surface area contributed by atoms with Crippen LogP contribution >= 0.6 is 0 Å². The van der Waals surface area contributed by atoms with Gasteiger partial charge in [0.1, 0.15) is 5.75 Å². The molecule has 2 rings (SSSR count). The molecule has 0 bridgehead atoms. The van der Waals surface area contributed by atoms with Gasteiger partial charge in [0.05, 0.1) is 17.9 Å². The molecule has 0 spiro atoms. The normalized spacial score (nSPS) is 11.3. The van der Waals surface area contributed by atoms with Gasteiger partial charge in [0.2, 0.25) is 0 Å². The zero-order valence-electron chi connectivity index (χ0n) is 14.3. The first-order chi connectivity index (χ1) is 11.7. The number of aryl methyl sites for hydroxylation is 2. The van der Waals surface area contributed by atoms with E-state index in [-0.39, 0.29) is 11.4 Å². The molecule has 2 aromatic rings. The minimum atomic E-state index is -4.50. The zero-order chi connectivity index (χ0) is 18.6. The average Bonchev–Trinajstić information content (AvgIpc) is 2.51. The van der Waals surface area contributed by atoms with Gasteiger partial charge in [-0.1, -0.05) is 24.1 Å². The van der Waals surface area contributed by atoms with E-state index in [1.54, 1.807) is 12.1 Å². The van der Waals surface area contributed by atoms with Crippen LogP contribution in [-0.4, -0.2) is 12.5 Å². The Morgan fingerprint density at radius 1 is 1.08 bits per heavy atom. The highest BCUT2D eigenvalue weighted by Gasteiger charge is 2.31. The van der Waals surface area contributed by atoms with Crippen molar-refractivity contribution in [3.63, 3.8) is 0 Å². The first-order valence-corrected chi connectivity index (χ1v) is 7.94. The van der Waals surface area contributed by atoms with Crippen molar-refractivity contribution in [3.8, 4) is 5.75 Å². The van der Waals surface area contributed by atoms with E-state index in [0.29, 0.717) is 18.6 Å². The first-order valence-electron chi connectivity index (χ1n) is 7.94. The van der Waals surface area contributed by atoms with Gasteiger partial charge in [0.15, 0.2) is 0 Å². The van der Waals surface area contributed by atoms with Gasteiger partial charge < -0.3 is 10.1 Å². The molecule has 2 aromatic carbocycles. The zero-order valence-corrected chi connectivity index (χ0v) is 14.3. The van der Waals surface area contributed by atoms with Gasteiger partial charge >= 0.3 is 6.18 Å². The van der Waals surface area contributed by atoms with E-state index in [1.165, 1.54) is 6.07 Å². The molecule has 0 saturated heterocycles. The molecule has 1 N–H and O–H groups in total. The van der Waals surface area contributed by atoms with E-state index in [9.17, 15) is 18.0 Å². The van der Waals surface area contributed by atoms with Gasteiger partial charge in [-0.2, -0.15) is 13.2 Å². The Morgan fingerprint density at radius 3 is 2.28 bits per heavy atom. The third-order valence-electron chi connectivity index (χ3n) is 3.50. The van der Waals surface area contributed by atoms with Crippen LogP contribution in [0.5, 0.6) is 5.75 Å². The predicted octanol–water partition coefficient (Wildman–Crippen LogP) is 5.36. The lowest BCUT2D eigenvalue weighted by Gasteiger charge is -2.15. The van der Waals surface area contributed by atoms with Crippen molar-refractivity contribution in [1.29, 1.82) is 0 Å². The summed E-state index contributed by atoms with van der Waals surface area (Å²) in [6.07, 6.45) is -3.80. The Balaban J connectivity index is 2.35. The number of carbonyl (C=O) groups excluding carboxylic acids is 1. The van der Waals surface area contributed by atoms with Gasteiger partial charge in [0, 0.05) is 5.56 Å². The number of hydrogen-bond donors (Lipinski definition) is 1. The minimum Gasteiger partial charge on any atom is -0.491 e. The molecule has 0 aliphatic heterocycles. The lowest BCUT2D eigenvalue weighted by Crippen LogP contribution is -2.15. The number of nitrogens with one attached hydrogen (secondary N) is 1. The molecule has 6 heteroatoms. The number of halogens is 3. The molecule has 0 saturated carbocycles. The SMILES string of the molecule is CCCOc1ccc(C(F)(F)F)cc1NC(=O)c1cc(C)cc(C)c1. The van der Waals surface area contributed by atoms with Gasteiger partial charge in [0.25, 0.3) is 5.91 Å². The Labute approximate surface area is 144 Å². The average molecular weight is 351 g/mol. The van der Waals surface area contributed by atoms with Crippen molar-refractivity contribution in [2.24, 2.45) is 0 Å². The second kappa shape index (κ2) is 7.59. The van der Waals surface area contributed by atoms with Crippen molar-refractivity contribution >= 4 is 11.6 Å². The molecule has 0 aromatic heterocycles. The largest absolute Gasteiger partial charge is 0.491 e. The Hall–Kier alpha value is -2.50. The maximum Gasteiger partial charge on any atom is 0.416 e. The van der Waals surface area contributed by atoms with Crippen molar-refractivity contribution in [2.75, 3.05) is 11.9 Å². The second-order valence-electron chi connectivity index (χ2n) is 5.89. The fourth-order valence-corrected chi connectivity index (χ4v) is 2.44. The molecule has 0 fully saturated rings. The van der Waals surface area contributed by atoms with Crippen LogP contribution in [-0.2, 0) is 6.18 Å². The topological polar surface area (TPSA) is 38.3 Å². The van der Waals surface area contributed by atoms with Crippen LogP contribution in [0.25, 0.3) is 0 Å². The summed E-state index contributed by atoms with van der Waals surface area (Å²) in [5, 5.41) is 2.54. The van der Waals surface area contributed by atoms with Crippen LogP contribution in [0.15, 0.2) is 36.4 Å². The minimum absolute atomic E-state index is 0.00688. The Morgan fingerprint density at radius 2 is 1.72 bits per heavy atom. The van der Waals surface area contributed by atoms with Crippen LogP contribution in [0.2, 0.25) is 0 Å². The highest BCUT2D eigenvalue weighted by atomic mass is 19.4. The summed E-state index contributed by atoms with van der Waals surface area (Å²) in [5.41, 5.74) is 1.35. The smallest absolute Gasteiger partial charge is 0.416 e. The number of rotatable bonds is 5. The van der Waals surface area contributed by atoms with Crippen LogP contribution < -0.4 is 10.1 Å². The van der Waals surface area contributed by atoms with E-state index >= 15 is 0 Å². The molecule has 0 radical (unpaired) electrons. The molecule has 0 aliphatic rings. The molecule has 0 unspecified atom stereocenters. The lowest BCUT2D eigenvalue weighted by molar-refractivity contribution is -0.137. The summed E-state index contributed by atoms with van der Waals surface area (Å²) >= 11 is 0. The van der Waals surface area contributed by atoms with Gasteiger partial charge in [-0.3, -0.25) is 4.79 Å². The monoisotopic (exact) mass is 351 g/mol. The summed E-state index contributed by atoms with van der Waals surface area (Å²) in [5.74, 6) is -0.264. The van der Waals surface area contributed by atoms with E-state index < -0.39 is 17.6 Å². The number of amides is 1. The molecule has 134 valence electrons. The fourth-order valence-electron chi connectivity index (χ4n) is 2.44. The summed E-state index contributed by atoms with van der Waals surface area (Å²) < 4.78 is 44.3. The van der Waals surface area contributed by atoms with Gasteiger partial charge in [-0.25, -0.2) is 0 Å². The summed E-state index contributed by atoms with van der Waals surface area (Å²) in [4.78, 5) is 12.5. The van der Waals surface area contributed by atoms with E-state index in [0.717, 1.165) is 23.3 Å². The molecular formula is C19H20F3NO2. The lowest BCUT2D eigenvalue weighted by atomic mass is 10.1. The van der Waals surface area contributed by atoms with Crippen LogP contribution in [0.4, 0.5) is 18.9 Å². The van der Waals surface area contributed by atoms with Crippen molar-refractivity contribution in [1.82, 2.24) is 0 Å². The van der Waals surface area contributed by atoms with E-state index in [1.807, 2.05) is 26.8 Å². The van der Waals surface area contributed by atoms with E-state index in [2.05, 4.69) is 5.32 Å². The highest BCUT2D eigenvalue weighted by Crippen LogP contribution is 2.35. The molecule has 3 nitrogen and oxygen atoms in total. The number of ether oxygens (including phenoxy) is 1. The maximum absolute atomic E-state index is 13.0. The summed E-state index contributed by atoms with van der Waals surface area (Å²) in [6, 6.07) is 8.35. The number of alkyl halides is 3. The van der Waals surface area contributed by atoms with Crippen LogP contribution in [0, 0.1) is 13.8 Å². The summed E-state index contributed by atoms with van der Waals surface area (Å²) in [6.45, 7) is 5.93. The quantitative estimate of drug-likeness (QED) is 0.787. The van der Waals surface area contributed by atoms with Gasteiger partial charge in [-0.05, 0) is 50.6 Å². The van der Waals surface area contributed by atoms with Crippen molar-refractivity contribution in [3.05, 3.63) is 58.7 Å². The maximum atomic E-state index is 13.0. The Kier molecular flexibility index (Phi) is 5.72. The molecule has 0 aliphatic carbocycles. The van der Waals surface area contributed by atoms with Crippen LogP contribution in [0.3, 0.4) is 0 Å². The molecule has 0 heterocycles. The standard InChI is InChI=1S/C19H20F3NO2/c1-4-7-25-17-6-5-15(19(20,21)22)11-16(17)23-18(24)14-9-12(2)8-13(3)10-14/h5-6,8-11H,4,7H2,1-3H3,(H,23,24). The van der Waals surface area contributed by atoms with Crippen molar-refractivity contribution in [2.45, 2.75) is 33.4 Å². The predicted molar refractivity (Wildman–Crippen MR) is 91.1 cm³/mol. The second-order valence-corrected chi connectivity index (χ2v) is 5.89. The molecular weight excluding hydrogens is 331 g/mol. The van der Waals surface area contributed by atoms with Gasteiger partial charge in [-0.15, -0.1) is 0 Å². The third kappa shape index (κ3) is 4.98. The first kappa shape index (κ1) is 18.8. The number of carbonyl (C=O) groups is 1. The number of hydrogen-bond acceptors (Lipinski definition) is 2. The fraction of sp³-hybridized carbons (Fsp3) is 0.316. The molecule has 0 atom stereocenters. The number of anilines is 1. The summed E-state index contributed by atoms with van der Waals surface area (Å²) in [7, 11) is 0. The number of benzene rings is 2. The molecule has 25 heavy (non-hydrogen) atoms. The van der Waals surface area contributed by atoms with Crippen molar-refractivity contribution < 1.29 is 22.7 Å². The third-order valence-corrected chi connectivity index (χ3v) is 3.50.